The minimum atomic E-state index is -0.152. The summed E-state index contributed by atoms with van der Waals surface area (Å²) < 4.78 is 0. The van der Waals surface area contributed by atoms with Gasteiger partial charge in [-0.25, -0.2) is 4.98 Å². The van der Waals surface area contributed by atoms with Gasteiger partial charge in [0.25, 0.3) is 0 Å². The SMILES string of the molecule is CN(C)CC=CC(=O)Nc1cccc(-c2cnc3[nH]cc(Cl)c3c2)c1. The summed E-state index contributed by atoms with van der Waals surface area (Å²) in [6, 6.07) is 9.63. The number of H-pyrrole nitrogens is 1. The highest BCUT2D eigenvalue weighted by molar-refractivity contribution is 6.35. The van der Waals surface area contributed by atoms with E-state index in [1.54, 1.807) is 18.5 Å². The Hall–Kier alpha value is -2.63. The van der Waals surface area contributed by atoms with E-state index >= 15 is 0 Å². The molecule has 2 N–H and O–H groups in total. The van der Waals surface area contributed by atoms with E-state index in [-0.39, 0.29) is 5.91 Å². The molecule has 5 nitrogen and oxygen atoms in total. The summed E-state index contributed by atoms with van der Waals surface area (Å²) >= 11 is 6.16. The Bertz CT molecular complexity index is 930. The first-order valence-electron chi connectivity index (χ1n) is 7.88. The molecule has 6 heteroatoms. The van der Waals surface area contributed by atoms with Crippen LogP contribution in [0.3, 0.4) is 0 Å². The van der Waals surface area contributed by atoms with Gasteiger partial charge in [0.15, 0.2) is 0 Å². The Kier molecular flexibility index (Phi) is 5.16. The number of rotatable bonds is 5. The highest BCUT2D eigenvalue weighted by Gasteiger charge is 2.07. The van der Waals surface area contributed by atoms with E-state index in [1.807, 2.05) is 55.4 Å². The molecule has 0 aliphatic carbocycles. The van der Waals surface area contributed by atoms with Crippen molar-refractivity contribution in [2.75, 3.05) is 26.0 Å². The van der Waals surface area contributed by atoms with E-state index in [1.165, 1.54) is 0 Å². The second kappa shape index (κ2) is 7.51. The molecule has 0 spiro atoms. The molecule has 0 unspecified atom stereocenters. The molecule has 128 valence electrons. The number of likely N-dealkylation sites (N-methyl/N-ethyl adjacent to an activating group) is 1. The fourth-order valence-corrected chi connectivity index (χ4v) is 2.66. The van der Waals surface area contributed by atoms with E-state index in [2.05, 4.69) is 15.3 Å². The molecule has 3 aromatic rings. The van der Waals surface area contributed by atoms with Crippen molar-refractivity contribution in [2.45, 2.75) is 0 Å². The molecule has 1 aromatic carbocycles. The van der Waals surface area contributed by atoms with Crippen molar-refractivity contribution in [1.82, 2.24) is 14.9 Å². The predicted molar refractivity (Wildman–Crippen MR) is 103 cm³/mol. The Morgan fingerprint density at radius 1 is 1.32 bits per heavy atom. The lowest BCUT2D eigenvalue weighted by atomic mass is 10.1. The summed E-state index contributed by atoms with van der Waals surface area (Å²) in [6.07, 6.45) is 6.87. The first kappa shape index (κ1) is 17.2. The molecule has 0 aliphatic rings. The summed E-state index contributed by atoms with van der Waals surface area (Å²) in [7, 11) is 3.90. The van der Waals surface area contributed by atoms with Gasteiger partial charge in [-0.05, 0) is 37.9 Å². The molecule has 0 aliphatic heterocycles. The maximum absolute atomic E-state index is 12.0. The quantitative estimate of drug-likeness (QED) is 0.682. The number of benzene rings is 1. The highest BCUT2D eigenvalue weighted by atomic mass is 35.5. The number of fused-ring (bicyclic) bond motifs is 1. The fraction of sp³-hybridized carbons (Fsp3) is 0.158. The first-order valence-corrected chi connectivity index (χ1v) is 8.26. The maximum atomic E-state index is 12.0. The summed E-state index contributed by atoms with van der Waals surface area (Å²) in [5.41, 5.74) is 3.39. The number of nitrogens with one attached hydrogen (secondary N) is 2. The van der Waals surface area contributed by atoms with Gasteiger partial charge in [-0.1, -0.05) is 29.8 Å². The molecular weight excluding hydrogens is 336 g/mol. The van der Waals surface area contributed by atoms with Gasteiger partial charge in [-0.3, -0.25) is 4.79 Å². The number of anilines is 1. The summed E-state index contributed by atoms with van der Waals surface area (Å²) in [5, 5.41) is 4.39. The van der Waals surface area contributed by atoms with E-state index in [9.17, 15) is 4.79 Å². The van der Waals surface area contributed by atoms with Crippen LogP contribution in [0.5, 0.6) is 0 Å². The minimum absolute atomic E-state index is 0.152. The van der Waals surface area contributed by atoms with Gasteiger partial charge in [0.2, 0.25) is 5.91 Å². The third kappa shape index (κ3) is 4.26. The summed E-state index contributed by atoms with van der Waals surface area (Å²) in [4.78, 5) is 21.4. The third-order valence-electron chi connectivity index (χ3n) is 3.68. The van der Waals surface area contributed by atoms with Gasteiger partial charge in [0, 0.05) is 41.7 Å². The van der Waals surface area contributed by atoms with Crippen molar-refractivity contribution in [3.8, 4) is 11.1 Å². The van der Waals surface area contributed by atoms with Crippen LogP contribution in [0, 0.1) is 0 Å². The van der Waals surface area contributed by atoms with E-state index in [4.69, 9.17) is 11.6 Å². The molecule has 2 aromatic heterocycles. The predicted octanol–water partition coefficient (Wildman–Crippen LogP) is 3.94. The smallest absolute Gasteiger partial charge is 0.248 e. The summed E-state index contributed by atoms with van der Waals surface area (Å²) in [6.45, 7) is 0.719. The number of aromatic nitrogens is 2. The Morgan fingerprint density at radius 3 is 2.96 bits per heavy atom. The number of carbonyl (C=O) groups excluding carboxylic acids is 1. The number of hydrogen-bond donors (Lipinski definition) is 2. The van der Waals surface area contributed by atoms with Crippen molar-refractivity contribution < 1.29 is 4.79 Å². The summed E-state index contributed by atoms with van der Waals surface area (Å²) in [5.74, 6) is -0.152. The van der Waals surface area contributed by atoms with Crippen LogP contribution >= 0.6 is 11.6 Å². The van der Waals surface area contributed by atoms with E-state index < -0.39 is 0 Å². The van der Waals surface area contributed by atoms with Gasteiger partial charge in [-0.15, -0.1) is 0 Å². The van der Waals surface area contributed by atoms with E-state index in [0.29, 0.717) is 5.02 Å². The number of amides is 1. The van der Waals surface area contributed by atoms with Crippen molar-refractivity contribution in [3.05, 3.63) is 59.9 Å². The average molecular weight is 355 g/mol. The van der Waals surface area contributed by atoms with Crippen LogP contribution < -0.4 is 5.32 Å². The fourth-order valence-electron chi connectivity index (χ4n) is 2.46. The zero-order chi connectivity index (χ0) is 17.8. The third-order valence-corrected chi connectivity index (χ3v) is 4.00. The van der Waals surface area contributed by atoms with Crippen molar-refractivity contribution in [1.29, 1.82) is 0 Å². The Morgan fingerprint density at radius 2 is 2.16 bits per heavy atom. The second-order valence-corrected chi connectivity index (χ2v) is 6.40. The Balaban J connectivity index is 1.79. The van der Waals surface area contributed by atoms with Gasteiger partial charge >= 0.3 is 0 Å². The molecule has 0 radical (unpaired) electrons. The topological polar surface area (TPSA) is 61.0 Å². The molecule has 3 rings (SSSR count). The van der Waals surface area contributed by atoms with Gasteiger partial charge in [0.1, 0.15) is 5.65 Å². The number of halogens is 1. The van der Waals surface area contributed by atoms with Crippen LogP contribution in [0.15, 0.2) is 54.9 Å². The van der Waals surface area contributed by atoms with Crippen molar-refractivity contribution in [3.63, 3.8) is 0 Å². The van der Waals surface area contributed by atoms with Crippen LogP contribution in [-0.4, -0.2) is 41.4 Å². The lowest BCUT2D eigenvalue weighted by Gasteiger charge is -2.07. The highest BCUT2D eigenvalue weighted by Crippen LogP contribution is 2.28. The average Bonchev–Trinajstić information content (AvgIpc) is 2.95. The normalized spacial score (nSPS) is 11.5. The molecule has 0 bridgehead atoms. The molecule has 25 heavy (non-hydrogen) atoms. The Labute approximate surface area is 151 Å². The number of carbonyl (C=O) groups is 1. The molecular formula is C19H19ClN4O. The minimum Gasteiger partial charge on any atom is -0.345 e. The number of aromatic amines is 1. The van der Waals surface area contributed by atoms with Crippen LogP contribution in [0.1, 0.15) is 0 Å². The van der Waals surface area contributed by atoms with Crippen LogP contribution in [0.4, 0.5) is 5.69 Å². The zero-order valence-corrected chi connectivity index (χ0v) is 14.8. The lowest BCUT2D eigenvalue weighted by molar-refractivity contribution is -0.111. The number of nitrogens with zero attached hydrogens (tertiary/aromatic N) is 2. The molecule has 0 atom stereocenters. The van der Waals surface area contributed by atoms with Crippen molar-refractivity contribution >= 4 is 34.2 Å². The van der Waals surface area contributed by atoms with Crippen LogP contribution in [0.2, 0.25) is 5.02 Å². The molecule has 0 saturated heterocycles. The maximum Gasteiger partial charge on any atom is 0.248 e. The van der Waals surface area contributed by atoms with E-state index in [0.717, 1.165) is 34.4 Å². The van der Waals surface area contributed by atoms with Crippen LogP contribution in [0.25, 0.3) is 22.2 Å². The monoisotopic (exact) mass is 354 g/mol. The molecule has 2 heterocycles. The molecule has 1 amide bonds. The first-order chi connectivity index (χ1) is 12.0. The second-order valence-electron chi connectivity index (χ2n) is 5.99. The van der Waals surface area contributed by atoms with Gasteiger partial charge < -0.3 is 15.2 Å². The van der Waals surface area contributed by atoms with Gasteiger partial charge in [0.05, 0.1) is 5.02 Å². The number of pyridine rings is 1. The van der Waals surface area contributed by atoms with Gasteiger partial charge in [-0.2, -0.15) is 0 Å². The standard InChI is InChI=1S/C19H19ClN4O/c1-24(2)8-4-7-18(25)23-15-6-3-5-13(9-15)14-10-16-17(20)12-22-19(16)21-11-14/h3-7,9-12H,8H2,1-2H3,(H,21,22)(H,23,25). The number of hydrogen-bond acceptors (Lipinski definition) is 3. The van der Waals surface area contributed by atoms with Crippen molar-refractivity contribution in [2.24, 2.45) is 0 Å². The molecule has 0 saturated carbocycles. The van der Waals surface area contributed by atoms with Crippen LogP contribution in [-0.2, 0) is 4.79 Å². The largest absolute Gasteiger partial charge is 0.345 e. The zero-order valence-electron chi connectivity index (χ0n) is 14.1. The lowest BCUT2D eigenvalue weighted by Crippen LogP contribution is -2.12. The molecule has 0 fully saturated rings.